The van der Waals surface area contributed by atoms with Crippen LogP contribution in [0.5, 0.6) is 0 Å². The van der Waals surface area contributed by atoms with Crippen molar-refractivity contribution in [3.8, 4) is 0 Å². The normalized spacial score (nSPS) is 24.9. The Morgan fingerprint density at radius 2 is 2.44 bits per heavy atom. The quantitative estimate of drug-likeness (QED) is 0.806. The first-order valence-electron chi connectivity index (χ1n) is 5.85. The summed E-state index contributed by atoms with van der Waals surface area (Å²) < 4.78 is 1.77. The average Bonchev–Trinajstić information content (AvgIpc) is 2.86. The van der Waals surface area contributed by atoms with E-state index in [2.05, 4.69) is 10.1 Å². The molecule has 0 aromatic carbocycles. The number of aryl methyl sites for hydroxylation is 1. The van der Waals surface area contributed by atoms with E-state index in [4.69, 9.17) is 5.73 Å². The molecule has 0 aliphatic heterocycles. The van der Waals surface area contributed by atoms with Crippen molar-refractivity contribution >= 4 is 5.78 Å². The number of hydrogen-bond acceptors (Lipinski definition) is 4. The number of nitrogens with two attached hydrogens (primary N) is 1. The van der Waals surface area contributed by atoms with E-state index >= 15 is 0 Å². The fourth-order valence-electron chi connectivity index (χ4n) is 2.30. The number of hydrogen-bond donors (Lipinski definition) is 1. The van der Waals surface area contributed by atoms with Gasteiger partial charge in [0.25, 0.3) is 0 Å². The van der Waals surface area contributed by atoms with Crippen LogP contribution in [0.25, 0.3) is 0 Å². The highest BCUT2D eigenvalue weighted by Crippen LogP contribution is 2.25. The fourth-order valence-corrected chi connectivity index (χ4v) is 2.30. The zero-order valence-electron chi connectivity index (χ0n) is 9.59. The maximum absolute atomic E-state index is 12.0. The van der Waals surface area contributed by atoms with Gasteiger partial charge in [0.05, 0.1) is 6.42 Å². The summed E-state index contributed by atoms with van der Waals surface area (Å²) >= 11 is 0. The maximum Gasteiger partial charge on any atom is 0.143 e. The minimum absolute atomic E-state index is 0.136. The predicted octanol–water partition coefficient (Wildman–Crippen LogP) is 0.537. The molecular weight excluding hydrogens is 204 g/mol. The molecule has 5 nitrogen and oxygen atoms in total. The van der Waals surface area contributed by atoms with Crippen LogP contribution >= 0.6 is 0 Å². The van der Waals surface area contributed by atoms with Gasteiger partial charge in [0, 0.05) is 18.5 Å². The minimum atomic E-state index is 0.136. The Hall–Kier alpha value is -1.23. The summed E-state index contributed by atoms with van der Waals surface area (Å²) in [6.45, 7) is 2.75. The van der Waals surface area contributed by atoms with Crippen molar-refractivity contribution < 1.29 is 4.79 Å². The van der Waals surface area contributed by atoms with Gasteiger partial charge in [0.2, 0.25) is 0 Å². The lowest BCUT2D eigenvalue weighted by Gasteiger charge is -2.08. The molecule has 16 heavy (non-hydrogen) atoms. The van der Waals surface area contributed by atoms with Crippen molar-refractivity contribution in [2.75, 3.05) is 0 Å². The molecular formula is C11H18N4O. The van der Waals surface area contributed by atoms with Crippen molar-refractivity contribution in [2.45, 2.75) is 45.2 Å². The molecule has 0 spiro atoms. The molecule has 0 amide bonds. The molecule has 1 saturated carbocycles. The third-order valence-corrected chi connectivity index (χ3v) is 3.26. The third kappa shape index (κ3) is 2.29. The van der Waals surface area contributed by atoms with Gasteiger partial charge in [-0.3, -0.25) is 4.79 Å². The Morgan fingerprint density at radius 3 is 3.06 bits per heavy atom. The van der Waals surface area contributed by atoms with Crippen LogP contribution in [0.1, 0.15) is 32.0 Å². The van der Waals surface area contributed by atoms with E-state index in [1.54, 1.807) is 4.68 Å². The second kappa shape index (κ2) is 4.74. The Balaban J connectivity index is 1.97. The smallest absolute Gasteiger partial charge is 0.143 e. The van der Waals surface area contributed by atoms with Crippen LogP contribution in [0.3, 0.4) is 0 Å². The predicted molar refractivity (Wildman–Crippen MR) is 59.7 cm³/mol. The van der Waals surface area contributed by atoms with E-state index in [1.807, 2.05) is 6.92 Å². The molecule has 1 aromatic heterocycles. The lowest BCUT2D eigenvalue weighted by Crippen LogP contribution is -2.20. The van der Waals surface area contributed by atoms with E-state index in [1.165, 1.54) is 6.33 Å². The van der Waals surface area contributed by atoms with Crippen LogP contribution in [0.15, 0.2) is 6.33 Å². The number of nitrogens with zero attached hydrogens (tertiary/aromatic N) is 3. The van der Waals surface area contributed by atoms with Crippen LogP contribution in [0.2, 0.25) is 0 Å². The summed E-state index contributed by atoms with van der Waals surface area (Å²) in [4.78, 5) is 16.1. The second-order valence-corrected chi connectivity index (χ2v) is 4.41. The van der Waals surface area contributed by atoms with Crippen LogP contribution in [-0.2, 0) is 17.8 Å². The summed E-state index contributed by atoms with van der Waals surface area (Å²) in [6.07, 6.45) is 4.63. The molecule has 2 N–H and O–H groups in total. The Bertz CT molecular complexity index is 374. The monoisotopic (exact) mass is 222 g/mol. The highest BCUT2D eigenvalue weighted by Gasteiger charge is 2.28. The zero-order chi connectivity index (χ0) is 11.5. The molecule has 1 fully saturated rings. The first-order valence-corrected chi connectivity index (χ1v) is 5.85. The van der Waals surface area contributed by atoms with Crippen molar-refractivity contribution in [1.29, 1.82) is 0 Å². The lowest BCUT2D eigenvalue weighted by atomic mass is 9.99. The van der Waals surface area contributed by atoms with Gasteiger partial charge >= 0.3 is 0 Å². The van der Waals surface area contributed by atoms with E-state index in [9.17, 15) is 4.79 Å². The molecule has 88 valence electrons. The lowest BCUT2D eigenvalue weighted by molar-refractivity contribution is -0.122. The topological polar surface area (TPSA) is 73.8 Å². The molecule has 2 atom stereocenters. The van der Waals surface area contributed by atoms with Gasteiger partial charge in [-0.05, 0) is 26.2 Å². The van der Waals surface area contributed by atoms with E-state index in [0.717, 1.165) is 31.6 Å². The standard InChI is InChI=1S/C11H18N4O/c1-2-15-11(13-7-14-15)6-10(16)8-3-4-9(12)5-8/h7-9H,2-6,12H2,1H3. The number of ketones is 1. The van der Waals surface area contributed by atoms with Gasteiger partial charge in [-0.2, -0.15) is 5.10 Å². The third-order valence-electron chi connectivity index (χ3n) is 3.26. The summed E-state index contributed by atoms with van der Waals surface area (Å²) in [5, 5.41) is 4.06. The highest BCUT2D eigenvalue weighted by molar-refractivity contribution is 5.82. The van der Waals surface area contributed by atoms with E-state index < -0.39 is 0 Å². The molecule has 2 unspecified atom stereocenters. The summed E-state index contributed by atoms with van der Waals surface area (Å²) in [7, 11) is 0. The van der Waals surface area contributed by atoms with Gasteiger partial charge in [0.1, 0.15) is 17.9 Å². The molecule has 5 heteroatoms. The summed E-state index contributed by atoms with van der Waals surface area (Å²) in [5.41, 5.74) is 5.81. The number of carbonyl (C=O) groups excluding carboxylic acids is 1. The minimum Gasteiger partial charge on any atom is -0.328 e. The van der Waals surface area contributed by atoms with Gasteiger partial charge < -0.3 is 5.73 Å². The molecule has 2 rings (SSSR count). The van der Waals surface area contributed by atoms with Crippen molar-refractivity contribution in [3.05, 3.63) is 12.2 Å². The first kappa shape index (κ1) is 11.3. The largest absolute Gasteiger partial charge is 0.328 e. The second-order valence-electron chi connectivity index (χ2n) is 4.41. The summed E-state index contributed by atoms with van der Waals surface area (Å²) in [5.74, 6) is 1.17. The highest BCUT2D eigenvalue weighted by atomic mass is 16.1. The first-order chi connectivity index (χ1) is 7.70. The molecule has 1 heterocycles. The molecule has 1 aliphatic carbocycles. The van der Waals surface area contributed by atoms with Gasteiger partial charge in [-0.1, -0.05) is 0 Å². The molecule has 1 aromatic rings. The number of rotatable bonds is 4. The molecule has 0 bridgehead atoms. The van der Waals surface area contributed by atoms with Crippen LogP contribution in [0, 0.1) is 5.92 Å². The zero-order valence-corrected chi connectivity index (χ0v) is 9.59. The Morgan fingerprint density at radius 1 is 1.62 bits per heavy atom. The molecule has 1 aliphatic rings. The number of Topliss-reactive ketones (excluding diaryl/α,β-unsaturated/α-hetero) is 1. The summed E-state index contributed by atoms with van der Waals surface area (Å²) in [6, 6.07) is 0.206. The molecule has 0 radical (unpaired) electrons. The Kier molecular flexibility index (Phi) is 3.33. The van der Waals surface area contributed by atoms with Crippen molar-refractivity contribution in [2.24, 2.45) is 11.7 Å². The van der Waals surface area contributed by atoms with Crippen molar-refractivity contribution in [1.82, 2.24) is 14.8 Å². The van der Waals surface area contributed by atoms with E-state index in [-0.39, 0.29) is 17.7 Å². The Labute approximate surface area is 95.0 Å². The number of aromatic nitrogens is 3. The maximum atomic E-state index is 12.0. The van der Waals surface area contributed by atoms with Gasteiger partial charge in [0.15, 0.2) is 0 Å². The van der Waals surface area contributed by atoms with Crippen LogP contribution in [-0.4, -0.2) is 26.6 Å². The molecule has 0 saturated heterocycles. The van der Waals surface area contributed by atoms with E-state index in [0.29, 0.717) is 6.42 Å². The van der Waals surface area contributed by atoms with Gasteiger partial charge in [-0.25, -0.2) is 9.67 Å². The van der Waals surface area contributed by atoms with Crippen LogP contribution < -0.4 is 5.73 Å². The average molecular weight is 222 g/mol. The SMILES string of the molecule is CCn1ncnc1CC(=O)C1CCC(N)C1. The van der Waals surface area contributed by atoms with Crippen LogP contribution in [0.4, 0.5) is 0 Å². The number of carbonyl (C=O) groups is 1. The fraction of sp³-hybridized carbons (Fsp3) is 0.727. The van der Waals surface area contributed by atoms with Gasteiger partial charge in [-0.15, -0.1) is 0 Å². The van der Waals surface area contributed by atoms with Crippen molar-refractivity contribution in [3.63, 3.8) is 0 Å².